The molecule has 2 aliphatic rings. The van der Waals surface area contributed by atoms with E-state index in [4.69, 9.17) is 9.47 Å². The number of urea groups is 1. The number of carbonyl (C=O) groups is 4. The number of rotatable bonds is 5. The minimum Gasteiger partial charge on any atom is -0.486 e. The Bertz CT molecular complexity index is 1130. The van der Waals surface area contributed by atoms with Crippen molar-refractivity contribution >= 4 is 23.5 Å². The highest BCUT2D eigenvalue weighted by Crippen LogP contribution is 2.37. The Balaban J connectivity index is 1.60. The number of fused-ring (bicyclic) bond motifs is 1. The smallest absolute Gasteiger partial charge is 0.325 e. The number of Topliss-reactive ketones (excluding diaryl/α,β-unsaturated/α-hetero) is 2. The van der Waals surface area contributed by atoms with Crippen LogP contribution in [0.25, 0.3) is 0 Å². The SMILES string of the molecule is CC(=O)c1c(C)[nH]c(C(=O)CN2C(=O)N[C@](C)(c3ccc4c(c3)OCCO4)C2=O)c1C. The second-order valence-electron chi connectivity index (χ2n) is 7.91. The summed E-state index contributed by atoms with van der Waals surface area (Å²) in [6, 6.07) is 4.38. The van der Waals surface area contributed by atoms with E-state index >= 15 is 0 Å². The number of ether oxygens (including phenoxy) is 2. The molecular weight excluding hydrogens is 402 g/mol. The Morgan fingerprint density at radius 2 is 1.81 bits per heavy atom. The lowest BCUT2D eigenvalue weighted by atomic mass is 9.91. The molecule has 0 unspecified atom stereocenters. The number of hydrogen-bond acceptors (Lipinski definition) is 6. The lowest BCUT2D eigenvalue weighted by Gasteiger charge is -2.25. The zero-order valence-electron chi connectivity index (χ0n) is 17.8. The van der Waals surface area contributed by atoms with Crippen molar-refractivity contribution in [2.75, 3.05) is 19.8 Å². The number of H-pyrrole nitrogens is 1. The quantitative estimate of drug-likeness (QED) is 0.560. The molecule has 0 saturated carbocycles. The molecule has 2 aromatic rings. The summed E-state index contributed by atoms with van der Waals surface area (Å²) in [7, 11) is 0. The molecule has 0 aliphatic carbocycles. The van der Waals surface area contributed by atoms with Crippen LogP contribution in [-0.2, 0) is 10.3 Å². The van der Waals surface area contributed by atoms with E-state index in [0.29, 0.717) is 47.1 Å². The summed E-state index contributed by atoms with van der Waals surface area (Å²) in [4.78, 5) is 54.3. The Morgan fingerprint density at radius 3 is 2.45 bits per heavy atom. The fourth-order valence-corrected chi connectivity index (χ4v) is 4.17. The molecule has 31 heavy (non-hydrogen) atoms. The topological polar surface area (TPSA) is 118 Å². The molecule has 4 rings (SSSR count). The van der Waals surface area contributed by atoms with Crippen LogP contribution in [0, 0.1) is 13.8 Å². The summed E-state index contributed by atoms with van der Waals surface area (Å²) in [5.74, 6) is -0.0955. The van der Waals surface area contributed by atoms with Gasteiger partial charge in [0.1, 0.15) is 18.8 Å². The number of amides is 3. The van der Waals surface area contributed by atoms with Gasteiger partial charge in [0.05, 0.1) is 12.2 Å². The maximum atomic E-state index is 13.2. The molecule has 0 radical (unpaired) electrons. The van der Waals surface area contributed by atoms with Gasteiger partial charge in [-0.2, -0.15) is 0 Å². The van der Waals surface area contributed by atoms with Crippen LogP contribution in [0.1, 0.15) is 51.5 Å². The van der Waals surface area contributed by atoms with E-state index in [1.807, 2.05) is 0 Å². The minimum atomic E-state index is -1.35. The molecule has 9 nitrogen and oxygen atoms in total. The lowest BCUT2D eigenvalue weighted by molar-refractivity contribution is -0.130. The number of imide groups is 1. The predicted molar refractivity (Wildman–Crippen MR) is 110 cm³/mol. The fraction of sp³-hybridized carbons (Fsp3) is 0.364. The first-order valence-corrected chi connectivity index (χ1v) is 9.91. The standard InChI is InChI=1S/C22H23N3O6/c1-11-18(13(3)26)12(2)23-19(11)15(27)10-25-20(28)22(4,24-21(25)29)14-5-6-16-17(9-14)31-8-7-30-16/h5-6,9,23H,7-8,10H2,1-4H3,(H,24,29)/t22-/m1/s1. The second-order valence-corrected chi connectivity index (χ2v) is 7.91. The van der Waals surface area contributed by atoms with Crippen LogP contribution in [0.3, 0.4) is 0 Å². The number of aryl methyl sites for hydroxylation is 1. The van der Waals surface area contributed by atoms with Crippen molar-refractivity contribution in [2.24, 2.45) is 0 Å². The molecule has 3 amide bonds. The molecular formula is C22H23N3O6. The Hall–Kier alpha value is -3.62. The zero-order valence-corrected chi connectivity index (χ0v) is 17.8. The van der Waals surface area contributed by atoms with Crippen molar-refractivity contribution in [1.29, 1.82) is 0 Å². The van der Waals surface area contributed by atoms with E-state index in [2.05, 4.69) is 10.3 Å². The number of aromatic amines is 1. The lowest BCUT2D eigenvalue weighted by Crippen LogP contribution is -2.41. The second kappa shape index (κ2) is 7.26. The highest BCUT2D eigenvalue weighted by atomic mass is 16.6. The van der Waals surface area contributed by atoms with Gasteiger partial charge in [-0.3, -0.25) is 19.3 Å². The molecule has 162 valence electrons. The predicted octanol–water partition coefficient (Wildman–Crippen LogP) is 2.26. The van der Waals surface area contributed by atoms with Crippen LogP contribution in [-0.4, -0.2) is 53.1 Å². The van der Waals surface area contributed by atoms with Crippen molar-refractivity contribution in [1.82, 2.24) is 15.2 Å². The van der Waals surface area contributed by atoms with Crippen LogP contribution in [0.5, 0.6) is 11.5 Å². The molecule has 0 spiro atoms. The maximum Gasteiger partial charge on any atom is 0.325 e. The molecule has 1 aromatic carbocycles. The molecule has 3 heterocycles. The largest absolute Gasteiger partial charge is 0.486 e. The van der Waals surface area contributed by atoms with Gasteiger partial charge in [0.2, 0.25) is 0 Å². The first-order valence-electron chi connectivity index (χ1n) is 9.91. The molecule has 1 aromatic heterocycles. The van der Waals surface area contributed by atoms with E-state index in [9.17, 15) is 19.2 Å². The van der Waals surface area contributed by atoms with Crippen LogP contribution >= 0.6 is 0 Å². The average molecular weight is 425 g/mol. The summed E-state index contributed by atoms with van der Waals surface area (Å²) in [5, 5.41) is 2.68. The van der Waals surface area contributed by atoms with Crippen molar-refractivity contribution < 1.29 is 28.7 Å². The summed E-state index contributed by atoms with van der Waals surface area (Å²) in [6.45, 7) is 6.77. The number of nitrogens with zero attached hydrogens (tertiary/aromatic N) is 1. The average Bonchev–Trinajstić information content (AvgIpc) is 3.15. The fourth-order valence-electron chi connectivity index (χ4n) is 4.17. The van der Waals surface area contributed by atoms with Gasteiger partial charge in [-0.1, -0.05) is 6.07 Å². The molecule has 1 saturated heterocycles. The number of benzene rings is 1. The molecule has 0 bridgehead atoms. The molecule has 1 fully saturated rings. The summed E-state index contributed by atoms with van der Waals surface area (Å²) >= 11 is 0. The van der Waals surface area contributed by atoms with Gasteiger partial charge < -0.3 is 19.8 Å². The molecule has 2 N–H and O–H groups in total. The molecule has 2 aliphatic heterocycles. The number of ketones is 2. The Morgan fingerprint density at radius 1 is 1.13 bits per heavy atom. The van der Waals surface area contributed by atoms with Crippen LogP contribution in [0.2, 0.25) is 0 Å². The third-order valence-corrected chi connectivity index (χ3v) is 5.76. The van der Waals surface area contributed by atoms with E-state index in [1.165, 1.54) is 6.92 Å². The number of aromatic nitrogens is 1. The van der Waals surface area contributed by atoms with Gasteiger partial charge in [0, 0.05) is 11.3 Å². The van der Waals surface area contributed by atoms with E-state index < -0.39 is 29.8 Å². The molecule has 1 atom stereocenters. The summed E-state index contributed by atoms with van der Waals surface area (Å²) in [5.41, 5.74) is 0.926. The van der Waals surface area contributed by atoms with E-state index in [0.717, 1.165) is 4.90 Å². The van der Waals surface area contributed by atoms with Crippen LogP contribution in [0.4, 0.5) is 4.79 Å². The minimum absolute atomic E-state index is 0.161. The molecule has 9 heteroatoms. The third kappa shape index (κ3) is 3.26. The summed E-state index contributed by atoms with van der Waals surface area (Å²) in [6.07, 6.45) is 0. The maximum absolute atomic E-state index is 13.2. The van der Waals surface area contributed by atoms with Crippen LogP contribution < -0.4 is 14.8 Å². The number of nitrogens with one attached hydrogen (secondary N) is 2. The Labute approximate surface area is 178 Å². The van der Waals surface area contributed by atoms with Gasteiger partial charge in [-0.25, -0.2) is 4.79 Å². The van der Waals surface area contributed by atoms with Crippen molar-refractivity contribution in [3.05, 3.63) is 46.3 Å². The van der Waals surface area contributed by atoms with Crippen LogP contribution in [0.15, 0.2) is 18.2 Å². The zero-order chi connectivity index (χ0) is 22.5. The van der Waals surface area contributed by atoms with Gasteiger partial charge in [-0.05, 0) is 51.0 Å². The van der Waals surface area contributed by atoms with Crippen molar-refractivity contribution in [3.63, 3.8) is 0 Å². The van der Waals surface area contributed by atoms with Crippen molar-refractivity contribution in [3.8, 4) is 11.5 Å². The first kappa shape index (κ1) is 20.6. The Kier molecular flexibility index (Phi) is 4.83. The highest BCUT2D eigenvalue weighted by Gasteiger charge is 2.50. The first-order chi connectivity index (χ1) is 14.6. The summed E-state index contributed by atoms with van der Waals surface area (Å²) < 4.78 is 11.1. The van der Waals surface area contributed by atoms with Crippen molar-refractivity contribution in [2.45, 2.75) is 33.2 Å². The number of carbonyl (C=O) groups excluding carboxylic acids is 4. The normalized spacial score (nSPS) is 20.1. The van der Waals surface area contributed by atoms with Gasteiger partial charge in [0.15, 0.2) is 23.1 Å². The van der Waals surface area contributed by atoms with Gasteiger partial charge in [0.25, 0.3) is 5.91 Å². The third-order valence-electron chi connectivity index (χ3n) is 5.76. The highest BCUT2D eigenvalue weighted by molar-refractivity contribution is 6.12. The monoisotopic (exact) mass is 425 g/mol. The van der Waals surface area contributed by atoms with Gasteiger partial charge >= 0.3 is 6.03 Å². The van der Waals surface area contributed by atoms with E-state index in [-0.39, 0.29) is 11.5 Å². The van der Waals surface area contributed by atoms with E-state index in [1.54, 1.807) is 39.0 Å². The van der Waals surface area contributed by atoms with Gasteiger partial charge in [-0.15, -0.1) is 0 Å². The number of hydrogen-bond donors (Lipinski definition) is 2.